The van der Waals surface area contributed by atoms with Crippen LogP contribution in [-0.2, 0) is 15.1 Å². The van der Waals surface area contributed by atoms with Crippen molar-refractivity contribution in [2.24, 2.45) is 0 Å². The summed E-state index contributed by atoms with van der Waals surface area (Å²) in [5.41, 5.74) is 1.38. The Morgan fingerprint density at radius 2 is 1.73 bits per heavy atom. The van der Waals surface area contributed by atoms with E-state index >= 15 is 0 Å². The summed E-state index contributed by atoms with van der Waals surface area (Å²) in [6.07, 6.45) is 0. The molecule has 2 atom stereocenters. The van der Waals surface area contributed by atoms with Gasteiger partial charge in [0, 0.05) is 5.02 Å². The lowest BCUT2D eigenvalue weighted by Gasteiger charge is -2.23. The quantitative estimate of drug-likeness (QED) is 0.681. The van der Waals surface area contributed by atoms with Gasteiger partial charge in [0.2, 0.25) is 5.91 Å². The molecule has 1 aliphatic rings. The molecule has 0 radical (unpaired) electrons. The Kier molecular flexibility index (Phi) is 6.17. The minimum atomic E-state index is -1.21. The van der Waals surface area contributed by atoms with E-state index in [1.807, 2.05) is 42.5 Å². The van der Waals surface area contributed by atoms with E-state index in [9.17, 15) is 14.4 Å². The smallest absolute Gasteiger partial charge is 0.325 e. The van der Waals surface area contributed by atoms with Gasteiger partial charge in [-0.2, -0.15) is 0 Å². The number of benzene rings is 2. The van der Waals surface area contributed by atoms with Gasteiger partial charge in [0.15, 0.2) is 0 Å². The molecule has 0 spiro atoms. The molecular formula is C23H26ClN3O3. The van der Waals surface area contributed by atoms with Crippen LogP contribution in [0.15, 0.2) is 48.5 Å². The molecule has 0 aromatic heterocycles. The molecule has 0 saturated carbocycles. The average molecular weight is 428 g/mol. The van der Waals surface area contributed by atoms with Gasteiger partial charge in [-0.05, 0) is 42.5 Å². The van der Waals surface area contributed by atoms with Gasteiger partial charge in [-0.25, -0.2) is 4.79 Å². The molecular weight excluding hydrogens is 402 g/mol. The van der Waals surface area contributed by atoms with Gasteiger partial charge in [-0.1, -0.05) is 67.9 Å². The fourth-order valence-corrected chi connectivity index (χ4v) is 3.87. The predicted molar refractivity (Wildman–Crippen MR) is 116 cm³/mol. The first-order valence-corrected chi connectivity index (χ1v) is 10.3. The molecule has 1 aliphatic heterocycles. The molecule has 2 N–H and O–H groups in total. The lowest BCUT2D eigenvalue weighted by molar-refractivity contribution is -0.135. The van der Waals surface area contributed by atoms with E-state index in [1.165, 1.54) is 0 Å². The molecule has 1 fully saturated rings. The SMILES string of the molecule is CC(C)c1ccc(C2(C)NC(=O)N(CC(=O)NC(C)c3ccccc3Cl)C2=O)cc1. The molecule has 1 saturated heterocycles. The first-order valence-electron chi connectivity index (χ1n) is 9.92. The number of imide groups is 1. The van der Waals surface area contributed by atoms with E-state index in [-0.39, 0.29) is 12.6 Å². The summed E-state index contributed by atoms with van der Waals surface area (Å²) in [7, 11) is 0. The van der Waals surface area contributed by atoms with Gasteiger partial charge in [-0.3, -0.25) is 14.5 Å². The summed E-state index contributed by atoms with van der Waals surface area (Å²) >= 11 is 6.18. The monoisotopic (exact) mass is 427 g/mol. The zero-order valence-electron chi connectivity index (χ0n) is 17.5. The van der Waals surface area contributed by atoms with Crippen LogP contribution in [0.1, 0.15) is 56.3 Å². The lowest BCUT2D eigenvalue weighted by Crippen LogP contribution is -2.43. The van der Waals surface area contributed by atoms with Crippen molar-refractivity contribution in [2.75, 3.05) is 6.54 Å². The van der Waals surface area contributed by atoms with E-state index in [0.717, 1.165) is 16.0 Å². The maximum Gasteiger partial charge on any atom is 0.325 e. The van der Waals surface area contributed by atoms with E-state index in [1.54, 1.807) is 19.9 Å². The lowest BCUT2D eigenvalue weighted by atomic mass is 9.90. The summed E-state index contributed by atoms with van der Waals surface area (Å²) in [5, 5.41) is 6.07. The third kappa shape index (κ3) is 4.19. The number of hydrogen-bond acceptors (Lipinski definition) is 3. The van der Waals surface area contributed by atoms with Crippen molar-refractivity contribution in [3.63, 3.8) is 0 Å². The number of carbonyl (C=O) groups is 3. The molecule has 2 aromatic carbocycles. The molecule has 2 aromatic rings. The number of nitrogens with zero attached hydrogens (tertiary/aromatic N) is 1. The van der Waals surface area contributed by atoms with Gasteiger partial charge in [-0.15, -0.1) is 0 Å². The fraction of sp³-hybridized carbons (Fsp3) is 0.348. The van der Waals surface area contributed by atoms with Crippen LogP contribution in [0.4, 0.5) is 4.79 Å². The zero-order chi connectivity index (χ0) is 22.1. The molecule has 2 unspecified atom stereocenters. The number of amides is 4. The standard InChI is InChI=1S/C23H26ClN3O3/c1-14(2)16-9-11-17(12-10-16)23(4)21(29)27(22(30)26-23)13-20(28)25-15(3)18-7-5-6-8-19(18)24/h5-12,14-15H,13H2,1-4H3,(H,25,28)(H,26,30). The summed E-state index contributed by atoms with van der Waals surface area (Å²) in [6.45, 7) is 7.26. The highest BCUT2D eigenvalue weighted by Crippen LogP contribution is 2.30. The first-order chi connectivity index (χ1) is 14.1. The van der Waals surface area contributed by atoms with Crippen LogP contribution in [0.3, 0.4) is 0 Å². The number of urea groups is 1. The Morgan fingerprint density at radius 3 is 2.33 bits per heavy atom. The minimum absolute atomic E-state index is 0.359. The summed E-state index contributed by atoms with van der Waals surface area (Å²) in [4.78, 5) is 39.0. The normalized spacial score (nSPS) is 19.7. The maximum atomic E-state index is 13.0. The van der Waals surface area contributed by atoms with Gasteiger partial charge in [0.05, 0.1) is 6.04 Å². The van der Waals surface area contributed by atoms with Crippen molar-refractivity contribution in [2.45, 2.75) is 45.2 Å². The topological polar surface area (TPSA) is 78.5 Å². The highest BCUT2D eigenvalue weighted by atomic mass is 35.5. The van der Waals surface area contributed by atoms with Crippen molar-refractivity contribution in [1.82, 2.24) is 15.5 Å². The average Bonchev–Trinajstić information content (AvgIpc) is 2.92. The molecule has 3 rings (SSSR count). The van der Waals surface area contributed by atoms with E-state index in [2.05, 4.69) is 24.5 Å². The summed E-state index contributed by atoms with van der Waals surface area (Å²) in [5.74, 6) is -0.531. The molecule has 1 heterocycles. The molecule has 4 amide bonds. The van der Waals surface area contributed by atoms with Gasteiger partial charge in [0.1, 0.15) is 12.1 Å². The second kappa shape index (κ2) is 8.48. The van der Waals surface area contributed by atoms with Crippen molar-refractivity contribution >= 4 is 29.4 Å². The number of rotatable bonds is 6. The van der Waals surface area contributed by atoms with Crippen molar-refractivity contribution < 1.29 is 14.4 Å². The van der Waals surface area contributed by atoms with E-state index < -0.39 is 23.4 Å². The Balaban J connectivity index is 1.71. The number of nitrogens with one attached hydrogen (secondary N) is 2. The van der Waals surface area contributed by atoms with Crippen LogP contribution in [0.5, 0.6) is 0 Å². The number of hydrogen-bond donors (Lipinski definition) is 2. The fourth-order valence-electron chi connectivity index (χ4n) is 3.57. The van der Waals surface area contributed by atoms with Crippen molar-refractivity contribution in [1.29, 1.82) is 0 Å². The van der Waals surface area contributed by atoms with Gasteiger partial charge >= 0.3 is 6.03 Å². The van der Waals surface area contributed by atoms with Gasteiger partial charge in [0.25, 0.3) is 5.91 Å². The largest absolute Gasteiger partial charge is 0.348 e. The van der Waals surface area contributed by atoms with Crippen LogP contribution in [0, 0.1) is 0 Å². The molecule has 6 nitrogen and oxygen atoms in total. The summed E-state index contributed by atoms with van der Waals surface area (Å²) in [6, 6.07) is 13.8. The highest BCUT2D eigenvalue weighted by Gasteiger charge is 2.49. The second-order valence-electron chi connectivity index (χ2n) is 8.03. The zero-order valence-corrected chi connectivity index (χ0v) is 18.3. The summed E-state index contributed by atoms with van der Waals surface area (Å²) < 4.78 is 0. The Hall–Kier alpha value is -2.86. The Bertz CT molecular complexity index is 974. The van der Waals surface area contributed by atoms with Crippen LogP contribution in [0.25, 0.3) is 0 Å². The number of halogens is 1. The molecule has 158 valence electrons. The molecule has 0 aliphatic carbocycles. The van der Waals surface area contributed by atoms with Gasteiger partial charge < -0.3 is 10.6 Å². The van der Waals surface area contributed by atoms with E-state index in [4.69, 9.17) is 11.6 Å². The third-order valence-electron chi connectivity index (χ3n) is 5.48. The Morgan fingerprint density at radius 1 is 1.10 bits per heavy atom. The predicted octanol–water partition coefficient (Wildman–Crippen LogP) is 4.11. The Labute approximate surface area is 181 Å². The molecule has 30 heavy (non-hydrogen) atoms. The van der Waals surface area contributed by atoms with Crippen LogP contribution < -0.4 is 10.6 Å². The maximum absolute atomic E-state index is 13.0. The highest BCUT2D eigenvalue weighted by molar-refractivity contribution is 6.31. The third-order valence-corrected chi connectivity index (χ3v) is 5.82. The van der Waals surface area contributed by atoms with Crippen molar-refractivity contribution in [3.05, 3.63) is 70.2 Å². The minimum Gasteiger partial charge on any atom is -0.348 e. The molecule has 7 heteroatoms. The first kappa shape index (κ1) is 21.8. The van der Waals surface area contributed by atoms with E-state index in [0.29, 0.717) is 16.5 Å². The van der Waals surface area contributed by atoms with Crippen LogP contribution >= 0.6 is 11.6 Å². The van der Waals surface area contributed by atoms with Crippen LogP contribution in [-0.4, -0.2) is 29.3 Å². The second-order valence-corrected chi connectivity index (χ2v) is 8.44. The van der Waals surface area contributed by atoms with Crippen LogP contribution in [0.2, 0.25) is 5.02 Å². The number of carbonyl (C=O) groups excluding carboxylic acids is 3. The molecule has 0 bridgehead atoms. The van der Waals surface area contributed by atoms with Crippen molar-refractivity contribution in [3.8, 4) is 0 Å².